The van der Waals surface area contributed by atoms with Crippen LogP contribution >= 0.6 is 15.9 Å². The van der Waals surface area contributed by atoms with Crippen molar-refractivity contribution in [1.82, 2.24) is 10.2 Å². The number of sulfonamides is 1. The lowest BCUT2D eigenvalue weighted by molar-refractivity contribution is -0.139. The van der Waals surface area contributed by atoms with Gasteiger partial charge in [0.15, 0.2) is 0 Å². The normalized spacial score (nSPS) is 14.8. The molecule has 7 nitrogen and oxygen atoms in total. The first-order valence-electron chi connectivity index (χ1n) is 13.3. The Kier molecular flexibility index (Phi) is 9.97. The maximum absolute atomic E-state index is 13.9. The summed E-state index contributed by atoms with van der Waals surface area (Å²) >= 11 is 3.41. The Hall–Kier alpha value is -3.24. The maximum Gasteiger partial charge on any atom is 0.264 e. The molecule has 1 atom stereocenters. The van der Waals surface area contributed by atoms with Crippen LogP contribution in [-0.2, 0) is 26.2 Å². The zero-order valence-electron chi connectivity index (χ0n) is 22.3. The Morgan fingerprint density at radius 1 is 0.950 bits per heavy atom. The molecule has 1 aliphatic carbocycles. The van der Waals surface area contributed by atoms with Crippen LogP contribution < -0.4 is 9.62 Å². The van der Waals surface area contributed by atoms with Gasteiger partial charge in [0.25, 0.3) is 10.0 Å². The van der Waals surface area contributed by atoms with Crippen LogP contribution in [0.1, 0.15) is 44.6 Å². The lowest BCUT2D eigenvalue weighted by Crippen LogP contribution is -2.53. The first-order valence-corrected chi connectivity index (χ1v) is 15.6. The molecule has 212 valence electrons. The molecule has 1 fully saturated rings. The van der Waals surface area contributed by atoms with Gasteiger partial charge in [-0.05, 0) is 73.9 Å². The highest BCUT2D eigenvalue weighted by Gasteiger charge is 2.33. The predicted octanol–water partition coefficient (Wildman–Crippen LogP) is 5.65. The second-order valence-electron chi connectivity index (χ2n) is 9.97. The number of hydrogen-bond acceptors (Lipinski definition) is 4. The van der Waals surface area contributed by atoms with E-state index in [9.17, 15) is 22.4 Å². The Balaban J connectivity index is 1.65. The highest BCUT2D eigenvalue weighted by atomic mass is 79.9. The van der Waals surface area contributed by atoms with Gasteiger partial charge in [-0.2, -0.15) is 0 Å². The largest absolute Gasteiger partial charge is 0.352 e. The molecule has 0 saturated heterocycles. The molecule has 3 aromatic carbocycles. The molecular weight excluding hydrogens is 597 g/mol. The molecule has 1 saturated carbocycles. The minimum atomic E-state index is -4.23. The zero-order chi connectivity index (χ0) is 28.7. The highest BCUT2D eigenvalue weighted by Crippen LogP contribution is 2.25. The Morgan fingerprint density at radius 2 is 1.57 bits per heavy atom. The summed E-state index contributed by atoms with van der Waals surface area (Å²) < 4.78 is 42.9. The molecule has 0 heterocycles. The molecule has 0 bridgehead atoms. The van der Waals surface area contributed by atoms with Crippen molar-refractivity contribution in [3.63, 3.8) is 0 Å². The molecule has 3 aromatic rings. The number of carbonyl (C=O) groups excluding carboxylic acids is 2. The van der Waals surface area contributed by atoms with Crippen LogP contribution in [0.3, 0.4) is 0 Å². The van der Waals surface area contributed by atoms with Crippen molar-refractivity contribution < 1.29 is 22.4 Å². The number of nitrogens with one attached hydrogen (secondary N) is 1. The van der Waals surface area contributed by atoms with Gasteiger partial charge < -0.3 is 10.2 Å². The summed E-state index contributed by atoms with van der Waals surface area (Å²) in [5.74, 6) is -1.38. The predicted molar refractivity (Wildman–Crippen MR) is 157 cm³/mol. The number of anilines is 1. The van der Waals surface area contributed by atoms with E-state index in [-0.39, 0.29) is 29.1 Å². The third-order valence-electron chi connectivity index (χ3n) is 7.11. The standard InChI is InChI=1S/C30H33BrFN3O4S/c1-22(30(37)33-26-8-4-2-5-9-26)34(20-23-12-14-24(31)15-13-23)29(36)21-35(27-10-6-3-7-11-27)40(38,39)28-18-16-25(32)17-19-28/h3,6-7,10-19,22,26H,2,4-5,8-9,20-21H2,1H3,(H,33,37)/t22-/m1/s1. The van der Waals surface area contributed by atoms with E-state index in [1.165, 1.54) is 17.0 Å². The van der Waals surface area contributed by atoms with Crippen molar-refractivity contribution in [1.29, 1.82) is 0 Å². The van der Waals surface area contributed by atoms with E-state index in [0.717, 1.165) is 58.6 Å². The molecule has 0 spiro atoms. The second kappa shape index (κ2) is 13.4. The van der Waals surface area contributed by atoms with Crippen molar-refractivity contribution >= 4 is 43.5 Å². The van der Waals surface area contributed by atoms with E-state index in [0.29, 0.717) is 0 Å². The Bertz CT molecular complexity index is 1400. The summed E-state index contributed by atoms with van der Waals surface area (Å²) in [6.45, 7) is 1.24. The minimum Gasteiger partial charge on any atom is -0.352 e. The van der Waals surface area contributed by atoms with Crippen molar-refractivity contribution in [2.75, 3.05) is 10.8 Å². The number of carbonyl (C=O) groups is 2. The zero-order valence-corrected chi connectivity index (χ0v) is 24.7. The van der Waals surface area contributed by atoms with Crippen LogP contribution in [0.2, 0.25) is 0 Å². The smallest absolute Gasteiger partial charge is 0.264 e. The maximum atomic E-state index is 13.9. The summed E-state index contributed by atoms with van der Waals surface area (Å²) in [6, 6.07) is 19.4. The van der Waals surface area contributed by atoms with Crippen LogP contribution in [-0.4, -0.2) is 43.8 Å². The first kappa shape index (κ1) is 29.7. The van der Waals surface area contributed by atoms with E-state index in [1.54, 1.807) is 37.3 Å². The fourth-order valence-electron chi connectivity index (χ4n) is 4.79. The molecule has 1 N–H and O–H groups in total. The van der Waals surface area contributed by atoms with E-state index in [4.69, 9.17) is 0 Å². The fraction of sp³-hybridized carbons (Fsp3) is 0.333. The molecular formula is C30H33BrFN3O4S. The minimum absolute atomic E-state index is 0.0630. The first-order chi connectivity index (χ1) is 19.1. The third kappa shape index (κ3) is 7.48. The molecule has 2 amide bonds. The van der Waals surface area contributed by atoms with Crippen molar-refractivity contribution in [3.05, 3.63) is 94.7 Å². The van der Waals surface area contributed by atoms with E-state index in [1.807, 2.05) is 24.3 Å². The molecule has 10 heteroatoms. The van der Waals surface area contributed by atoms with Gasteiger partial charge in [0.1, 0.15) is 18.4 Å². The van der Waals surface area contributed by atoms with Gasteiger partial charge >= 0.3 is 0 Å². The number of para-hydroxylation sites is 1. The molecule has 1 aliphatic rings. The van der Waals surface area contributed by atoms with Crippen LogP contribution in [0, 0.1) is 5.82 Å². The van der Waals surface area contributed by atoms with Gasteiger partial charge in [-0.3, -0.25) is 13.9 Å². The molecule has 0 aliphatic heterocycles. The number of nitrogens with zero attached hydrogens (tertiary/aromatic N) is 2. The van der Waals surface area contributed by atoms with Crippen LogP contribution in [0.5, 0.6) is 0 Å². The molecule has 40 heavy (non-hydrogen) atoms. The lowest BCUT2D eigenvalue weighted by atomic mass is 9.95. The number of benzene rings is 3. The highest BCUT2D eigenvalue weighted by molar-refractivity contribution is 9.10. The summed E-state index contributed by atoms with van der Waals surface area (Å²) in [5.41, 5.74) is 1.07. The van der Waals surface area contributed by atoms with E-state index >= 15 is 0 Å². The Morgan fingerprint density at radius 3 is 2.20 bits per heavy atom. The van der Waals surface area contributed by atoms with Gasteiger partial charge in [0.2, 0.25) is 11.8 Å². The van der Waals surface area contributed by atoms with Gasteiger partial charge in [-0.15, -0.1) is 0 Å². The van der Waals surface area contributed by atoms with Gasteiger partial charge in [0, 0.05) is 17.1 Å². The monoisotopic (exact) mass is 629 g/mol. The van der Waals surface area contributed by atoms with E-state index in [2.05, 4.69) is 21.2 Å². The molecule has 0 radical (unpaired) electrons. The average molecular weight is 631 g/mol. The van der Waals surface area contributed by atoms with Crippen LogP contribution in [0.25, 0.3) is 0 Å². The van der Waals surface area contributed by atoms with Crippen molar-refractivity contribution in [2.45, 2.75) is 62.6 Å². The van der Waals surface area contributed by atoms with Crippen molar-refractivity contribution in [2.24, 2.45) is 0 Å². The second-order valence-corrected chi connectivity index (χ2v) is 12.7. The third-order valence-corrected chi connectivity index (χ3v) is 9.43. The van der Waals surface area contributed by atoms with Crippen molar-refractivity contribution in [3.8, 4) is 0 Å². The topological polar surface area (TPSA) is 86.8 Å². The van der Waals surface area contributed by atoms with Gasteiger partial charge in [-0.1, -0.05) is 65.5 Å². The summed E-state index contributed by atoms with van der Waals surface area (Å²) in [6.07, 6.45) is 5.05. The Labute approximate surface area is 243 Å². The molecule has 4 rings (SSSR count). The number of halogens is 2. The number of hydrogen-bond donors (Lipinski definition) is 1. The van der Waals surface area contributed by atoms with Gasteiger partial charge in [-0.25, -0.2) is 12.8 Å². The number of rotatable bonds is 10. The SMILES string of the molecule is C[C@H](C(=O)NC1CCCCC1)N(Cc1ccc(Br)cc1)C(=O)CN(c1ccccc1)S(=O)(=O)c1ccc(F)cc1. The average Bonchev–Trinajstić information content (AvgIpc) is 2.96. The quantitative estimate of drug-likeness (QED) is 0.314. The number of amides is 2. The molecule has 0 aromatic heterocycles. The summed E-state index contributed by atoms with van der Waals surface area (Å²) in [4.78, 5) is 28.5. The summed E-state index contributed by atoms with van der Waals surface area (Å²) in [5, 5.41) is 3.09. The van der Waals surface area contributed by atoms with Gasteiger partial charge in [0.05, 0.1) is 10.6 Å². The van der Waals surface area contributed by atoms with E-state index < -0.39 is 34.3 Å². The summed E-state index contributed by atoms with van der Waals surface area (Å²) in [7, 11) is -4.23. The fourth-order valence-corrected chi connectivity index (χ4v) is 6.47. The van der Waals surface area contributed by atoms with Crippen LogP contribution in [0.4, 0.5) is 10.1 Å². The molecule has 0 unspecified atom stereocenters. The lowest BCUT2D eigenvalue weighted by Gasteiger charge is -2.33. The van der Waals surface area contributed by atoms with Crippen LogP contribution in [0.15, 0.2) is 88.2 Å².